The molecule has 6 N–H and O–H groups in total. The van der Waals surface area contributed by atoms with Crippen LogP contribution >= 0.6 is 0 Å². The van der Waals surface area contributed by atoms with E-state index in [1.807, 2.05) is 0 Å². The van der Waals surface area contributed by atoms with Crippen LogP contribution in [0.1, 0.15) is 21.6 Å². The molecule has 2 heterocycles. The molecule has 0 saturated carbocycles. The fraction of sp³-hybridized carbons (Fsp3) is 0.190. The minimum absolute atomic E-state index is 0.0547. The molecule has 1 aliphatic heterocycles. The van der Waals surface area contributed by atoms with Crippen LogP contribution in [-0.2, 0) is 16.5 Å². The Hall–Kier alpha value is -3.84. The third-order valence-corrected chi connectivity index (χ3v) is 5.38. The summed E-state index contributed by atoms with van der Waals surface area (Å²) in [5, 5.41) is 14.2. The quantitative estimate of drug-likeness (QED) is 0.357. The molecule has 178 valence electrons. The van der Waals surface area contributed by atoms with Crippen molar-refractivity contribution in [3.8, 4) is 11.1 Å². The molecule has 34 heavy (non-hydrogen) atoms. The number of nitrogens with one attached hydrogen (secondary N) is 4. The first-order valence-electron chi connectivity index (χ1n) is 9.80. The fourth-order valence-corrected chi connectivity index (χ4v) is 3.67. The van der Waals surface area contributed by atoms with Crippen LogP contribution in [-0.4, -0.2) is 34.8 Å². The van der Waals surface area contributed by atoms with Gasteiger partial charge in [0.2, 0.25) is 0 Å². The van der Waals surface area contributed by atoms with Crippen molar-refractivity contribution >= 4 is 11.8 Å². The Labute approximate surface area is 188 Å². The second-order valence-corrected chi connectivity index (χ2v) is 7.54. The van der Waals surface area contributed by atoms with Crippen molar-refractivity contribution in [3.63, 3.8) is 0 Å². The summed E-state index contributed by atoms with van der Waals surface area (Å²) in [6, 6.07) is 6.45. The van der Waals surface area contributed by atoms with E-state index in [4.69, 9.17) is 5.73 Å². The summed E-state index contributed by atoms with van der Waals surface area (Å²) in [7, 11) is 0. The van der Waals surface area contributed by atoms with Crippen LogP contribution in [0.15, 0.2) is 48.7 Å². The number of benzene rings is 2. The Balaban J connectivity index is 1.66. The van der Waals surface area contributed by atoms with Crippen molar-refractivity contribution in [2.75, 3.05) is 6.54 Å². The van der Waals surface area contributed by atoms with Gasteiger partial charge in [0.1, 0.15) is 6.29 Å². The number of carbonyl (C=O) groups is 2. The second kappa shape index (κ2) is 8.50. The lowest BCUT2D eigenvalue weighted by Crippen LogP contribution is -2.54. The van der Waals surface area contributed by atoms with E-state index < -0.39 is 47.0 Å². The number of carbonyl (C=O) groups excluding carboxylic acids is 2. The summed E-state index contributed by atoms with van der Waals surface area (Å²) in [6.07, 6.45) is -4.14. The molecular formula is C21H17F5N6O2. The highest BCUT2D eigenvalue weighted by atomic mass is 19.4. The Morgan fingerprint density at radius 3 is 2.35 bits per heavy atom. The van der Waals surface area contributed by atoms with Crippen molar-refractivity contribution in [1.29, 1.82) is 0 Å². The summed E-state index contributed by atoms with van der Waals surface area (Å²) < 4.78 is 66.6. The average Bonchev–Trinajstić information content (AvgIpc) is 3.41. The topological polar surface area (TPSA) is 125 Å². The first-order valence-corrected chi connectivity index (χ1v) is 9.80. The largest absolute Gasteiger partial charge is 0.416 e. The minimum atomic E-state index is -4.59. The lowest BCUT2D eigenvalue weighted by molar-refractivity contribution is -0.137. The SMILES string of the molecule is NC1NC(=O)C(CNC(=O)c2cc(F)c(F)cc2-c2ccc(C(F)(F)F)cc2)(c2ccn[nH]2)N1. The monoisotopic (exact) mass is 480 g/mol. The van der Waals surface area contributed by atoms with E-state index in [0.717, 1.165) is 24.3 Å². The van der Waals surface area contributed by atoms with Gasteiger partial charge in [-0.25, -0.2) is 8.78 Å². The van der Waals surface area contributed by atoms with Crippen LogP contribution in [0, 0.1) is 11.6 Å². The van der Waals surface area contributed by atoms with Gasteiger partial charge in [0.05, 0.1) is 23.4 Å². The van der Waals surface area contributed by atoms with Crippen LogP contribution in [0.5, 0.6) is 0 Å². The Morgan fingerprint density at radius 1 is 1.12 bits per heavy atom. The summed E-state index contributed by atoms with van der Waals surface area (Å²) >= 11 is 0. The van der Waals surface area contributed by atoms with Gasteiger partial charge in [-0.2, -0.15) is 18.3 Å². The number of nitrogens with zero attached hydrogens (tertiary/aromatic N) is 1. The molecule has 1 fully saturated rings. The Kier molecular flexibility index (Phi) is 5.83. The number of amides is 2. The second-order valence-electron chi connectivity index (χ2n) is 7.54. The van der Waals surface area contributed by atoms with Gasteiger partial charge < -0.3 is 10.6 Å². The van der Waals surface area contributed by atoms with Crippen LogP contribution in [0.25, 0.3) is 11.1 Å². The molecule has 0 aliphatic carbocycles. The average molecular weight is 480 g/mol. The van der Waals surface area contributed by atoms with Gasteiger partial charge in [-0.3, -0.25) is 25.7 Å². The maximum atomic E-state index is 14.0. The van der Waals surface area contributed by atoms with Gasteiger partial charge in [-0.05, 0) is 41.5 Å². The Bertz CT molecular complexity index is 1230. The number of aromatic nitrogens is 2. The summed E-state index contributed by atoms with van der Waals surface area (Å²) in [5.74, 6) is -4.09. The predicted octanol–water partition coefficient (Wildman–Crippen LogP) is 1.96. The van der Waals surface area contributed by atoms with E-state index in [-0.39, 0.29) is 28.9 Å². The van der Waals surface area contributed by atoms with Gasteiger partial charge in [0.25, 0.3) is 11.8 Å². The molecule has 2 aromatic carbocycles. The standard InChI is InChI=1S/C21H17F5N6O2/c22-14-7-12(10-1-3-11(4-2-10)21(24,25)26)13(8-15(14)23)17(33)28-9-20(16-5-6-29-32-16)18(34)30-19(27)31-20/h1-8,19,31H,9,27H2,(H,28,33)(H,29,32)(H,30,34). The molecule has 1 saturated heterocycles. The van der Waals surface area contributed by atoms with Gasteiger partial charge in [0, 0.05) is 6.20 Å². The van der Waals surface area contributed by atoms with Crippen molar-refractivity contribution in [1.82, 2.24) is 26.1 Å². The van der Waals surface area contributed by atoms with Crippen molar-refractivity contribution < 1.29 is 31.5 Å². The zero-order valence-electron chi connectivity index (χ0n) is 17.1. The van der Waals surface area contributed by atoms with Crippen LogP contribution < -0.4 is 21.7 Å². The van der Waals surface area contributed by atoms with E-state index in [1.54, 1.807) is 0 Å². The zero-order valence-corrected chi connectivity index (χ0v) is 17.1. The van der Waals surface area contributed by atoms with Crippen LogP contribution in [0.4, 0.5) is 22.0 Å². The number of nitrogens with two attached hydrogens (primary N) is 1. The van der Waals surface area contributed by atoms with E-state index in [2.05, 4.69) is 26.1 Å². The Morgan fingerprint density at radius 2 is 1.79 bits per heavy atom. The molecule has 2 amide bonds. The molecule has 0 spiro atoms. The molecule has 2 atom stereocenters. The van der Waals surface area contributed by atoms with Crippen molar-refractivity contribution in [3.05, 3.63) is 77.1 Å². The molecular weight excluding hydrogens is 463 g/mol. The normalized spacial score (nSPS) is 20.3. The van der Waals surface area contributed by atoms with Crippen LogP contribution in [0.2, 0.25) is 0 Å². The molecule has 4 rings (SSSR count). The number of hydrogen-bond acceptors (Lipinski definition) is 5. The predicted molar refractivity (Wildman–Crippen MR) is 109 cm³/mol. The number of H-pyrrole nitrogens is 1. The van der Waals surface area contributed by atoms with Gasteiger partial charge in [0.15, 0.2) is 17.2 Å². The summed E-state index contributed by atoms with van der Waals surface area (Å²) in [4.78, 5) is 25.6. The summed E-state index contributed by atoms with van der Waals surface area (Å²) in [6.45, 7) is -0.362. The number of hydrogen-bond donors (Lipinski definition) is 5. The molecule has 2 unspecified atom stereocenters. The minimum Gasteiger partial charge on any atom is -0.349 e. The number of halogens is 5. The third-order valence-electron chi connectivity index (χ3n) is 5.38. The molecule has 1 aromatic heterocycles. The lowest BCUT2D eigenvalue weighted by Gasteiger charge is -2.26. The van der Waals surface area contributed by atoms with Gasteiger partial charge in [-0.15, -0.1) is 0 Å². The molecule has 0 radical (unpaired) electrons. The first-order chi connectivity index (χ1) is 16.0. The van der Waals surface area contributed by atoms with E-state index in [0.29, 0.717) is 12.1 Å². The van der Waals surface area contributed by atoms with Crippen LogP contribution in [0.3, 0.4) is 0 Å². The molecule has 3 aromatic rings. The number of alkyl halides is 3. The van der Waals surface area contributed by atoms with Gasteiger partial charge >= 0.3 is 6.18 Å². The van der Waals surface area contributed by atoms with Crippen molar-refractivity contribution in [2.45, 2.75) is 18.0 Å². The molecule has 0 bridgehead atoms. The highest BCUT2D eigenvalue weighted by Crippen LogP contribution is 2.33. The van der Waals surface area contributed by atoms with Crippen molar-refractivity contribution in [2.24, 2.45) is 5.73 Å². The zero-order chi connectivity index (χ0) is 24.7. The highest BCUT2D eigenvalue weighted by Gasteiger charge is 2.48. The lowest BCUT2D eigenvalue weighted by atomic mass is 9.94. The smallest absolute Gasteiger partial charge is 0.349 e. The van der Waals surface area contributed by atoms with E-state index >= 15 is 0 Å². The first kappa shape index (κ1) is 23.3. The fourth-order valence-electron chi connectivity index (χ4n) is 3.67. The molecule has 8 nitrogen and oxygen atoms in total. The maximum absolute atomic E-state index is 14.0. The molecule has 1 aliphatic rings. The number of rotatable bonds is 5. The third kappa shape index (κ3) is 4.22. The number of aromatic amines is 1. The van der Waals surface area contributed by atoms with E-state index in [1.165, 1.54) is 12.3 Å². The summed E-state index contributed by atoms with van der Waals surface area (Å²) in [5.41, 5.74) is 3.12. The maximum Gasteiger partial charge on any atom is 0.416 e. The van der Waals surface area contributed by atoms with E-state index in [9.17, 15) is 31.5 Å². The highest BCUT2D eigenvalue weighted by molar-refractivity contribution is 6.01. The van der Waals surface area contributed by atoms with Gasteiger partial charge in [-0.1, -0.05) is 12.1 Å². The molecule has 13 heteroatoms.